The van der Waals surface area contributed by atoms with Gasteiger partial charge >= 0.3 is 0 Å². The minimum atomic E-state index is 0.721. The Morgan fingerprint density at radius 2 is 2.27 bits per heavy atom. The summed E-state index contributed by atoms with van der Waals surface area (Å²) in [4.78, 5) is 0. The van der Waals surface area contributed by atoms with Crippen LogP contribution in [-0.2, 0) is 6.54 Å². The summed E-state index contributed by atoms with van der Waals surface area (Å²) >= 11 is 5.93. The van der Waals surface area contributed by atoms with Crippen LogP contribution in [0, 0.1) is 0 Å². The van der Waals surface area contributed by atoms with E-state index in [-0.39, 0.29) is 0 Å². The average Bonchev–Trinajstić information content (AvgIpc) is 2.66. The molecule has 0 amide bonds. The van der Waals surface area contributed by atoms with Crippen molar-refractivity contribution in [2.45, 2.75) is 19.9 Å². The molecule has 15 heavy (non-hydrogen) atoms. The predicted molar refractivity (Wildman–Crippen MR) is 60.8 cm³/mol. The molecule has 1 aromatic heterocycles. The van der Waals surface area contributed by atoms with Gasteiger partial charge in [0.05, 0.1) is 0 Å². The second-order valence-corrected chi connectivity index (χ2v) is 3.79. The first kappa shape index (κ1) is 10.2. The third kappa shape index (κ3) is 2.18. The molecule has 2 rings (SSSR count). The largest absolute Gasteiger partial charge is 0.314 e. The fourth-order valence-corrected chi connectivity index (χ4v) is 1.70. The Morgan fingerprint density at radius 3 is 3.00 bits per heavy atom. The Morgan fingerprint density at radius 1 is 1.40 bits per heavy atom. The van der Waals surface area contributed by atoms with Crippen molar-refractivity contribution in [1.29, 1.82) is 0 Å². The Hall–Kier alpha value is -1.35. The molecule has 0 radical (unpaired) electrons. The SMILES string of the molecule is CCCn1cnnc1-c1cccc(Cl)c1. The molecule has 0 spiro atoms. The summed E-state index contributed by atoms with van der Waals surface area (Å²) in [6.07, 6.45) is 2.81. The molecule has 0 bridgehead atoms. The zero-order chi connectivity index (χ0) is 10.7. The maximum atomic E-state index is 5.93. The van der Waals surface area contributed by atoms with Gasteiger partial charge in [-0.2, -0.15) is 0 Å². The molecule has 0 aliphatic heterocycles. The fourth-order valence-electron chi connectivity index (χ4n) is 1.51. The lowest BCUT2D eigenvalue weighted by molar-refractivity contribution is 0.683. The summed E-state index contributed by atoms with van der Waals surface area (Å²) in [7, 11) is 0. The summed E-state index contributed by atoms with van der Waals surface area (Å²) < 4.78 is 2.03. The number of hydrogen-bond acceptors (Lipinski definition) is 2. The van der Waals surface area contributed by atoms with E-state index >= 15 is 0 Å². The van der Waals surface area contributed by atoms with Gasteiger partial charge in [0.25, 0.3) is 0 Å². The maximum Gasteiger partial charge on any atom is 0.163 e. The number of nitrogens with zero attached hydrogens (tertiary/aromatic N) is 3. The van der Waals surface area contributed by atoms with Crippen LogP contribution in [-0.4, -0.2) is 14.8 Å². The summed E-state index contributed by atoms with van der Waals surface area (Å²) in [6.45, 7) is 3.05. The van der Waals surface area contributed by atoms with Gasteiger partial charge in [-0.1, -0.05) is 30.7 Å². The quantitative estimate of drug-likeness (QED) is 0.798. The number of rotatable bonds is 3. The van der Waals surface area contributed by atoms with Gasteiger partial charge in [-0.05, 0) is 18.6 Å². The van der Waals surface area contributed by atoms with Gasteiger partial charge in [-0.3, -0.25) is 0 Å². The molecule has 3 nitrogen and oxygen atoms in total. The molecular formula is C11H12ClN3. The van der Waals surface area contributed by atoms with Crippen LogP contribution < -0.4 is 0 Å². The Labute approximate surface area is 93.7 Å². The number of aryl methyl sites for hydroxylation is 1. The van der Waals surface area contributed by atoms with E-state index in [2.05, 4.69) is 17.1 Å². The maximum absolute atomic E-state index is 5.93. The summed E-state index contributed by atoms with van der Waals surface area (Å²) in [5.41, 5.74) is 1.01. The molecule has 78 valence electrons. The molecule has 0 N–H and O–H groups in total. The normalized spacial score (nSPS) is 10.5. The minimum Gasteiger partial charge on any atom is -0.314 e. The van der Waals surface area contributed by atoms with E-state index in [9.17, 15) is 0 Å². The highest BCUT2D eigenvalue weighted by Crippen LogP contribution is 2.20. The molecule has 0 unspecified atom stereocenters. The zero-order valence-corrected chi connectivity index (χ0v) is 9.28. The fraction of sp³-hybridized carbons (Fsp3) is 0.273. The highest BCUT2D eigenvalue weighted by atomic mass is 35.5. The minimum absolute atomic E-state index is 0.721. The second-order valence-electron chi connectivity index (χ2n) is 3.36. The monoisotopic (exact) mass is 221 g/mol. The summed E-state index contributed by atoms with van der Waals surface area (Å²) in [5.74, 6) is 0.874. The highest BCUT2D eigenvalue weighted by molar-refractivity contribution is 6.30. The van der Waals surface area contributed by atoms with Crippen LogP contribution >= 0.6 is 11.6 Å². The molecule has 0 aliphatic carbocycles. The van der Waals surface area contributed by atoms with Gasteiger partial charge in [0.2, 0.25) is 0 Å². The van der Waals surface area contributed by atoms with E-state index in [0.29, 0.717) is 0 Å². The van der Waals surface area contributed by atoms with E-state index < -0.39 is 0 Å². The standard InChI is InChI=1S/C11H12ClN3/c1-2-6-15-8-13-14-11(15)9-4-3-5-10(12)7-9/h3-5,7-8H,2,6H2,1H3. The van der Waals surface area contributed by atoms with Gasteiger partial charge in [0.1, 0.15) is 6.33 Å². The number of aromatic nitrogens is 3. The lowest BCUT2D eigenvalue weighted by Crippen LogP contribution is -1.98. The van der Waals surface area contributed by atoms with Crippen LogP contribution in [0.1, 0.15) is 13.3 Å². The lowest BCUT2D eigenvalue weighted by Gasteiger charge is -2.04. The Kier molecular flexibility index (Phi) is 3.02. The molecule has 0 saturated carbocycles. The summed E-state index contributed by atoms with van der Waals surface area (Å²) in [6, 6.07) is 7.66. The third-order valence-corrected chi connectivity index (χ3v) is 2.40. The van der Waals surface area contributed by atoms with Crippen molar-refractivity contribution < 1.29 is 0 Å². The number of halogens is 1. The number of hydrogen-bond donors (Lipinski definition) is 0. The Balaban J connectivity index is 2.40. The number of benzene rings is 1. The van der Waals surface area contributed by atoms with Crippen molar-refractivity contribution in [3.05, 3.63) is 35.6 Å². The Bertz CT molecular complexity index is 451. The van der Waals surface area contributed by atoms with E-state index in [4.69, 9.17) is 11.6 Å². The summed E-state index contributed by atoms with van der Waals surface area (Å²) in [5, 5.41) is 8.74. The van der Waals surface area contributed by atoms with Crippen LogP contribution in [0.2, 0.25) is 5.02 Å². The van der Waals surface area contributed by atoms with Crippen molar-refractivity contribution in [3.63, 3.8) is 0 Å². The molecule has 0 saturated heterocycles. The van der Waals surface area contributed by atoms with Gasteiger partial charge in [0.15, 0.2) is 5.82 Å². The lowest BCUT2D eigenvalue weighted by atomic mass is 10.2. The molecule has 0 fully saturated rings. The average molecular weight is 222 g/mol. The van der Waals surface area contributed by atoms with Crippen molar-refractivity contribution in [2.24, 2.45) is 0 Å². The zero-order valence-electron chi connectivity index (χ0n) is 8.52. The molecule has 2 aromatic rings. The van der Waals surface area contributed by atoms with Gasteiger partial charge in [-0.15, -0.1) is 10.2 Å². The van der Waals surface area contributed by atoms with Crippen molar-refractivity contribution in [2.75, 3.05) is 0 Å². The highest BCUT2D eigenvalue weighted by Gasteiger charge is 2.06. The van der Waals surface area contributed by atoms with Crippen LogP contribution in [0.3, 0.4) is 0 Å². The molecule has 4 heteroatoms. The van der Waals surface area contributed by atoms with Crippen LogP contribution in [0.5, 0.6) is 0 Å². The van der Waals surface area contributed by atoms with Gasteiger partial charge < -0.3 is 4.57 Å². The second kappa shape index (κ2) is 4.45. The molecule has 0 atom stereocenters. The van der Waals surface area contributed by atoms with Crippen LogP contribution in [0.25, 0.3) is 11.4 Å². The van der Waals surface area contributed by atoms with Crippen LogP contribution in [0.4, 0.5) is 0 Å². The molecule has 1 heterocycles. The van der Waals surface area contributed by atoms with Crippen LogP contribution in [0.15, 0.2) is 30.6 Å². The van der Waals surface area contributed by atoms with E-state index in [1.54, 1.807) is 6.33 Å². The molecule has 0 aliphatic rings. The van der Waals surface area contributed by atoms with Crippen molar-refractivity contribution in [3.8, 4) is 11.4 Å². The molecule has 1 aromatic carbocycles. The van der Waals surface area contributed by atoms with E-state index in [1.165, 1.54) is 0 Å². The van der Waals surface area contributed by atoms with E-state index in [1.807, 2.05) is 28.8 Å². The van der Waals surface area contributed by atoms with E-state index in [0.717, 1.165) is 29.4 Å². The first-order valence-corrected chi connectivity index (χ1v) is 5.33. The first-order valence-electron chi connectivity index (χ1n) is 4.95. The topological polar surface area (TPSA) is 30.7 Å². The van der Waals surface area contributed by atoms with Crippen molar-refractivity contribution in [1.82, 2.24) is 14.8 Å². The first-order chi connectivity index (χ1) is 7.31. The third-order valence-electron chi connectivity index (χ3n) is 2.16. The smallest absolute Gasteiger partial charge is 0.163 e. The van der Waals surface area contributed by atoms with Gasteiger partial charge in [-0.25, -0.2) is 0 Å². The molecular weight excluding hydrogens is 210 g/mol. The van der Waals surface area contributed by atoms with Crippen molar-refractivity contribution >= 4 is 11.6 Å². The van der Waals surface area contributed by atoms with Gasteiger partial charge in [0, 0.05) is 17.1 Å². The predicted octanol–water partition coefficient (Wildman–Crippen LogP) is 3.01.